The number of rotatable bonds is 6. The summed E-state index contributed by atoms with van der Waals surface area (Å²) < 4.78 is 38.6. The molecule has 0 radical (unpaired) electrons. The second-order valence-electron chi connectivity index (χ2n) is 5.77. The molecule has 0 saturated carbocycles. The number of hydrazine groups is 1. The van der Waals surface area contributed by atoms with Crippen LogP contribution in [0.3, 0.4) is 0 Å². The first-order chi connectivity index (χ1) is 9.63. The number of nitrogens with zero attached hydrogens (tertiary/aromatic N) is 3. The summed E-state index contributed by atoms with van der Waals surface area (Å²) in [4.78, 5) is 8.84. The summed E-state index contributed by atoms with van der Waals surface area (Å²) >= 11 is 0. The molecule has 120 valence electrons. The predicted molar refractivity (Wildman–Crippen MR) is 76.7 cm³/mol. The topological polar surface area (TPSA) is 67.1 Å². The first kappa shape index (κ1) is 17.5. The van der Waals surface area contributed by atoms with E-state index in [1.165, 1.54) is 6.07 Å². The van der Waals surface area contributed by atoms with Gasteiger partial charge in [0.25, 0.3) is 0 Å². The van der Waals surface area contributed by atoms with Crippen molar-refractivity contribution in [1.82, 2.24) is 9.97 Å². The Labute approximate surface area is 122 Å². The van der Waals surface area contributed by atoms with Gasteiger partial charge in [0.15, 0.2) is 0 Å². The van der Waals surface area contributed by atoms with Crippen LogP contribution < -0.4 is 16.2 Å². The van der Waals surface area contributed by atoms with Crippen molar-refractivity contribution in [3.05, 3.63) is 11.9 Å². The minimum Gasteiger partial charge on any atom is -0.356 e. The molecular weight excluding hydrogens is 283 g/mol. The lowest BCUT2D eigenvalue weighted by Gasteiger charge is -2.28. The van der Waals surface area contributed by atoms with Crippen LogP contribution in [0.4, 0.5) is 24.8 Å². The van der Waals surface area contributed by atoms with E-state index in [1.54, 1.807) is 0 Å². The lowest BCUT2D eigenvalue weighted by atomic mass is 10.1. The molecule has 0 aliphatic rings. The summed E-state index contributed by atoms with van der Waals surface area (Å²) in [5.74, 6) is 4.78. The van der Waals surface area contributed by atoms with Crippen molar-refractivity contribution in [2.75, 3.05) is 23.4 Å². The van der Waals surface area contributed by atoms with Gasteiger partial charge in [0, 0.05) is 19.2 Å². The number of hydrogen-bond acceptors (Lipinski definition) is 5. The van der Waals surface area contributed by atoms with Crippen molar-refractivity contribution in [2.45, 2.75) is 33.9 Å². The van der Waals surface area contributed by atoms with Gasteiger partial charge in [-0.05, 0) is 11.8 Å². The highest BCUT2D eigenvalue weighted by molar-refractivity contribution is 5.49. The van der Waals surface area contributed by atoms with Crippen LogP contribution in [0.25, 0.3) is 0 Å². The predicted octanol–water partition coefficient (Wildman–Crippen LogP) is 2.90. The molecule has 0 aromatic carbocycles. The molecule has 0 spiro atoms. The van der Waals surface area contributed by atoms with Crippen LogP contribution in [0, 0.1) is 11.8 Å². The SMILES string of the molecule is CC(C)CN(CC(C)C)c1cc(NN)nc(C(F)(F)F)n1. The molecule has 5 nitrogen and oxygen atoms in total. The van der Waals surface area contributed by atoms with E-state index >= 15 is 0 Å². The maximum absolute atomic E-state index is 12.9. The van der Waals surface area contributed by atoms with Crippen LogP contribution >= 0.6 is 0 Å². The number of hydrogen-bond donors (Lipinski definition) is 2. The van der Waals surface area contributed by atoms with Gasteiger partial charge < -0.3 is 10.3 Å². The number of nitrogens with one attached hydrogen (secondary N) is 1. The van der Waals surface area contributed by atoms with Crippen molar-refractivity contribution in [1.29, 1.82) is 0 Å². The lowest BCUT2D eigenvalue weighted by Crippen LogP contribution is -2.33. The van der Waals surface area contributed by atoms with Crippen molar-refractivity contribution >= 4 is 11.6 Å². The van der Waals surface area contributed by atoms with Gasteiger partial charge >= 0.3 is 6.18 Å². The van der Waals surface area contributed by atoms with E-state index in [2.05, 4.69) is 15.4 Å². The number of anilines is 2. The molecule has 0 unspecified atom stereocenters. The summed E-state index contributed by atoms with van der Waals surface area (Å²) in [6.07, 6.45) is -4.61. The third kappa shape index (κ3) is 5.37. The van der Waals surface area contributed by atoms with Gasteiger partial charge in [-0.1, -0.05) is 27.7 Å². The first-order valence-corrected chi connectivity index (χ1v) is 6.81. The number of halogens is 3. The Bertz CT molecular complexity index is 450. The lowest BCUT2D eigenvalue weighted by molar-refractivity contribution is -0.144. The molecule has 1 heterocycles. The molecule has 1 aromatic rings. The number of alkyl halides is 3. The van der Waals surface area contributed by atoms with Crippen molar-refractivity contribution in [3.63, 3.8) is 0 Å². The molecule has 3 N–H and O–H groups in total. The van der Waals surface area contributed by atoms with E-state index in [-0.39, 0.29) is 11.6 Å². The maximum atomic E-state index is 12.9. The van der Waals surface area contributed by atoms with E-state index in [0.29, 0.717) is 24.9 Å². The van der Waals surface area contributed by atoms with E-state index in [4.69, 9.17) is 5.84 Å². The fourth-order valence-corrected chi connectivity index (χ4v) is 1.94. The highest BCUT2D eigenvalue weighted by atomic mass is 19.4. The first-order valence-electron chi connectivity index (χ1n) is 6.81. The van der Waals surface area contributed by atoms with Crippen LogP contribution in [-0.2, 0) is 6.18 Å². The van der Waals surface area contributed by atoms with Crippen LogP contribution in [0.2, 0.25) is 0 Å². The van der Waals surface area contributed by atoms with Crippen LogP contribution in [0.15, 0.2) is 6.07 Å². The average Bonchev–Trinajstić information content (AvgIpc) is 2.35. The average molecular weight is 305 g/mol. The zero-order chi connectivity index (χ0) is 16.2. The fraction of sp³-hybridized carbons (Fsp3) is 0.692. The van der Waals surface area contributed by atoms with Crippen molar-refractivity contribution < 1.29 is 13.2 Å². The summed E-state index contributed by atoms with van der Waals surface area (Å²) in [7, 11) is 0. The van der Waals surface area contributed by atoms with Gasteiger partial charge in [-0.3, -0.25) is 0 Å². The molecule has 0 amide bonds. The number of nitrogen functional groups attached to an aromatic ring is 1. The Balaban J connectivity index is 3.22. The molecule has 0 saturated heterocycles. The van der Waals surface area contributed by atoms with E-state index in [9.17, 15) is 13.2 Å². The van der Waals surface area contributed by atoms with Crippen molar-refractivity contribution in [2.24, 2.45) is 17.7 Å². The molecule has 0 aliphatic carbocycles. The third-order valence-electron chi connectivity index (χ3n) is 2.61. The van der Waals surface area contributed by atoms with E-state index in [1.807, 2.05) is 32.6 Å². The Morgan fingerprint density at radius 1 is 1.14 bits per heavy atom. The Morgan fingerprint density at radius 2 is 1.67 bits per heavy atom. The number of aromatic nitrogens is 2. The second-order valence-corrected chi connectivity index (χ2v) is 5.77. The molecule has 1 rings (SSSR count). The smallest absolute Gasteiger partial charge is 0.356 e. The van der Waals surface area contributed by atoms with Crippen LogP contribution in [-0.4, -0.2) is 23.1 Å². The summed E-state index contributed by atoms with van der Waals surface area (Å²) in [5, 5.41) is 0. The summed E-state index contributed by atoms with van der Waals surface area (Å²) in [6.45, 7) is 9.22. The Kier molecular flexibility index (Phi) is 5.77. The fourth-order valence-electron chi connectivity index (χ4n) is 1.94. The molecule has 0 fully saturated rings. The van der Waals surface area contributed by atoms with Gasteiger partial charge in [0.1, 0.15) is 11.6 Å². The molecule has 0 aliphatic heterocycles. The highest BCUT2D eigenvalue weighted by Crippen LogP contribution is 2.29. The van der Waals surface area contributed by atoms with E-state index < -0.39 is 12.0 Å². The third-order valence-corrected chi connectivity index (χ3v) is 2.61. The van der Waals surface area contributed by atoms with Gasteiger partial charge in [-0.25, -0.2) is 15.8 Å². The largest absolute Gasteiger partial charge is 0.451 e. The van der Waals surface area contributed by atoms with E-state index in [0.717, 1.165) is 0 Å². The van der Waals surface area contributed by atoms with Gasteiger partial charge in [0.2, 0.25) is 5.82 Å². The summed E-state index contributed by atoms with van der Waals surface area (Å²) in [6, 6.07) is 1.43. The zero-order valence-electron chi connectivity index (χ0n) is 12.7. The Hall–Kier alpha value is -1.57. The van der Waals surface area contributed by atoms with Crippen molar-refractivity contribution in [3.8, 4) is 0 Å². The van der Waals surface area contributed by atoms with Crippen LogP contribution in [0.5, 0.6) is 0 Å². The molecule has 21 heavy (non-hydrogen) atoms. The van der Waals surface area contributed by atoms with Crippen LogP contribution in [0.1, 0.15) is 33.5 Å². The minimum absolute atomic E-state index is 0.0511. The molecule has 0 atom stereocenters. The summed E-state index contributed by atoms with van der Waals surface area (Å²) in [5.41, 5.74) is 2.16. The zero-order valence-corrected chi connectivity index (χ0v) is 12.7. The highest BCUT2D eigenvalue weighted by Gasteiger charge is 2.36. The minimum atomic E-state index is -4.61. The number of nitrogens with two attached hydrogens (primary N) is 1. The monoisotopic (exact) mass is 305 g/mol. The van der Waals surface area contributed by atoms with Gasteiger partial charge in [-0.2, -0.15) is 13.2 Å². The standard InChI is InChI=1S/C13H22F3N5/c1-8(2)6-21(7-9(3)4)11-5-10(20-17)18-12(19-11)13(14,15)16/h5,8-9H,6-7,17H2,1-4H3,(H,18,19,20). The molecule has 0 bridgehead atoms. The second kappa shape index (κ2) is 6.93. The Morgan fingerprint density at radius 3 is 2.05 bits per heavy atom. The quantitative estimate of drug-likeness (QED) is 0.625. The maximum Gasteiger partial charge on any atom is 0.451 e. The molecule has 1 aromatic heterocycles. The van der Waals surface area contributed by atoms with Gasteiger partial charge in [-0.15, -0.1) is 0 Å². The normalized spacial score (nSPS) is 12.1. The van der Waals surface area contributed by atoms with Gasteiger partial charge in [0.05, 0.1) is 0 Å². The molecule has 8 heteroatoms. The molecular formula is C13H22F3N5.